The number of carbonyl (C=O) groups excluding carboxylic acids is 3. The van der Waals surface area contributed by atoms with Gasteiger partial charge in [-0.15, -0.1) is 0 Å². The maximum absolute atomic E-state index is 12.8. The summed E-state index contributed by atoms with van der Waals surface area (Å²) in [7, 11) is 1.54. The lowest BCUT2D eigenvalue weighted by Gasteiger charge is -2.12. The molecule has 3 amide bonds. The third-order valence-corrected chi connectivity index (χ3v) is 6.61. The summed E-state index contributed by atoms with van der Waals surface area (Å²) in [5.74, 6) is 0.189. The smallest absolute Gasteiger partial charge is 0.294 e. The highest BCUT2D eigenvalue weighted by Crippen LogP contribution is 2.33. The second-order valence-electron chi connectivity index (χ2n) is 7.64. The summed E-state index contributed by atoms with van der Waals surface area (Å²) < 4.78 is 10.9. The summed E-state index contributed by atoms with van der Waals surface area (Å²) in [6, 6.07) is 19.0. The molecule has 1 heterocycles. The van der Waals surface area contributed by atoms with Crippen LogP contribution < -0.4 is 14.8 Å². The minimum atomic E-state index is -0.533. The number of benzene rings is 3. The second kappa shape index (κ2) is 11.5. The molecule has 1 aliphatic rings. The molecule has 0 spiro atoms. The first-order valence-corrected chi connectivity index (χ1v) is 12.3. The fourth-order valence-electron chi connectivity index (χ4n) is 3.30. The molecule has 7 nitrogen and oxygen atoms in total. The van der Waals surface area contributed by atoms with Crippen LogP contribution in [0, 0.1) is 0 Å². The van der Waals surface area contributed by atoms with Crippen molar-refractivity contribution in [3.05, 3.63) is 92.8 Å². The van der Waals surface area contributed by atoms with Crippen LogP contribution in [-0.4, -0.2) is 35.6 Å². The lowest BCUT2D eigenvalue weighted by atomic mass is 10.2. The van der Waals surface area contributed by atoms with Crippen LogP contribution in [0.5, 0.6) is 11.5 Å². The zero-order valence-electron chi connectivity index (χ0n) is 19.0. The molecule has 1 fully saturated rings. The van der Waals surface area contributed by atoms with Crippen molar-refractivity contribution in [2.45, 2.75) is 6.61 Å². The molecule has 0 bridgehead atoms. The second-order valence-corrected chi connectivity index (χ2v) is 9.48. The van der Waals surface area contributed by atoms with Gasteiger partial charge in [0, 0.05) is 21.3 Å². The summed E-state index contributed by atoms with van der Waals surface area (Å²) >= 11 is 12.9. The van der Waals surface area contributed by atoms with Gasteiger partial charge in [-0.3, -0.25) is 19.3 Å². The highest BCUT2D eigenvalue weighted by Gasteiger charge is 2.36. The molecule has 10 heteroatoms. The molecule has 0 aromatic heterocycles. The molecule has 184 valence electrons. The average Bonchev–Trinajstić information content (AvgIpc) is 3.11. The van der Waals surface area contributed by atoms with Crippen molar-refractivity contribution < 1.29 is 23.9 Å². The highest BCUT2D eigenvalue weighted by atomic mass is 35.5. The van der Waals surface area contributed by atoms with E-state index in [1.165, 1.54) is 0 Å². The Morgan fingerprint density at radius 3 is 2.53 bits per heavy atom. The van der Waals surface area contributed by atoms with Gasteiger partial charge in [-0.1, -0.05) is 41.4 Å². The first-order valence-electron chi connectivity index (χ1n) is 10.7. The number of ether oxygens (including phenoxy) is 2. The Morgan fingerprint density at radius 1 is 1.03 bits per heavy atom. The van der Waals surface area contributed by atoms with Gasteiger partial charge in [-0.2, -0.15) is 0 Å². The largest absolute Gasteiger partial charge is 0.497 e. The number of methoxy groups -OCH3 is 1. The predicted molar refractivity (Wildman–Crippen MR) is 142 cm³/mol. The Labute approximate surface area is 222 Å². The molecule has 0 atom stereocenters. The summed E-state index contributed by atoms with van der Waals surface area (Å²) in [5.41, 5.74) is 1.98. The molecule has 0 saturated carbocycles. The summed E-state index contributed by atoms with van der Waals surface area (Å²) in [6.45, 7) is -0.154. The van der Waals surface area contributed by atoms with Gasteiger partial charge in [-0.05, 0) is 71.9 Å². The van der Waals surface area contributed by atoms with Gasteiger partial charge in [0.15, 0.2) is 0 Å². The topological polar surface area (TPSA) is 84.9 Å². The maximum atomic E-state index is 12.8. The van der Waals surface area contributed by atoms with E-state index in [2.05, 4.69) is 5.32 Å². The van der Waals surface area contributed by atoms with Gasteiger partial charge in [0.2, 0.25) is 5.91 Å². The number of thioether (sulfide) groups is 1. The zero-order valence-corrected chi connectivity index (χ0v) is 21.3. The SMILES string of the molecule is COc1ccc(NC(=O)CN2C(=O)S/C(=C/c3cccc(OCc4ccc(Cl)cc4Cl)c3)C2=O)cc1. The number of nitrogens with zero attached hydrogens (tertiary/aromatic N) is 1. The van der Waals surface area contributed by atoms with Crippen LogP contribution >= 0.6 is 35.0 Å². The van der Waals surface area contributed by atoms with E-state index in [-0.39, 0.29) is 18.1 Å². The third kappa shape index (κ3) is 6.40. The van der Waals surface area contributed by atoms with Crippen LogP contribution in [0.3, 0.4) is 0 Å². The normalized spacial score (nSPS) is 14.3. The first kappa shape index (κ1) is 25.6. The van der Waals surface area contributed by atoms with E-state index in [1.807, 2.05) is 0 Å². The minimum absolute atomic E-state index is 0.218. The van der Waals surface area contributed by atoms with E-state index < -0.39 is 17.1 Å². The van der Waals surface area contributed by atoms with Crippen LogP contribution in [-0.2, 0) is 16.2 Å². The van der Waals surface area contributed by atoms with E-state index in [9.17, 15) is 14.4 Å². The lowest BCUT2D eigenvalue weighted by molar-refractivity contribution is -0.127. The number of rotatable bonds is 8. The average molecular weight is 543 g/mol. The molecule has 0 aliphatic carbocycles. The fourth-order valence-corrected chi connectivity index (χ4v) is 4.60. The standard InChI is InChI=1S/C26H20Cl2N2O5S/c1-34-20-9-7-19(8-10-20)29-24(31)14-30-25(32)23(36-26(30)33)12-16-3-2-4-21(11-16)35-15-17-5-6-18(27)13-22(17)28/h2-13H,14-15H2,1H3,(H,29,31)/b23-12+. The Balaban J connectivity index is 1.39. The van der Waals surface area contributed by atoms with Crippen molar-refractivity contribution >= 4 is 63.8 Å². The fraction of sp³-hybridized carbons (Fsp3) is 0.115. The first-order chi connectivity index (χ1) is 17.3. The van der Waals surface area contributed by atoms with Crippen LogP contribution in [0.25, 0.3) is 6.08 Å². The quantitative estimate of drug-likeness (QED) is 0.338. The number of imide groups is 1. The maximum Gasteiger partial charge on any atom is 0.294 e. The monoisotopic (exact) mass is 542 g/mol. The molecule has 1 saturated heterocycles. The number of hydrogen-bond donors (Lipinski definition) is 1. The molecule has 1 N–H and O–H groups in total. The molecule has 4 rings (SSSR count). The Hall–Kier alpha value is -3.46. The van der Waals surface area contributed by atoms with Crippen molar-refractivity contribution in [3.8, 4) is 11.5 Å². The van der Waals surface area contributed by atoms with Crippen molar-refractivity contribution in [2.24, 2.45) is 0 Å². The molecule has 0 radical (unpaired) electrons. The number of halogens is 2. The molecule has 0 unspecified atom stereocenters. The van der Waals surface area contributed by atoms with E-state index in [0.29, 0.717) is 32.8 Å². The minimum Gasteiger partial charge on any atom is -0.497 e. The summed E-state index contributed by atoms with van der Waals surface area (Å²) in [6.07, 6.45) is 1.59. The Bertz CT molecular complexity index is 1340. The number of carbonyl (C=O) groups is 3. The van der Waals surface area contributed by atoms with Crippen molar-refractivity contribution in [3.63, 3.8) is 0 Å². The number of hydrogen-bond acceptors (Lipinski definition) is 6. The van der Waals surface area contributed by atoms with Gasteiger partial charge >= 0.3 is 0 Å². The van der Waals surface area contributed by atoms with Crippen LogP contribution in [0.2, 0.25) is 10.0 Å². The summed E-state index contributed by atoms with van der Waals surface area (Å²) in [4.78, 5) is 38.8. The van der Waals surface area contributed by atoms with Gasteiger partial charge < -0.3 is 14.8 Å². The zero-order chi connectivity index (χ0) is 25.7. The van der Waals surface area contributed by atoms with Crippen molar-refractivity contribution in [1.82, 2.24) is 4.90 Å². The van der Waals surface area contributed by atoms with Gasteiger partial charge in [0.05, 0.1) is 12.0 Å². The van der Waals surface area contributed by atoms with Crippen molar-refractivity contribution in [1.29, 1.82) is 0 Å². The van der Waals surface area contributed by atoms with Crippen molar-refractivity contribution in [2.75, 3.05) is 19.0 Å². The van der Waals surface area contributed by atoms with E-state index in [0.717, 1.165) is 22.2 Å². The molecule has 1 aliphatic heterocycles. The number of nitrogens with one attached hydrogen (secondary N) is 1. The molecular weight excluding hydrogens is 523 g/mol. The van der Waals surface area contributed by atoms with Crippen LogP contribution in [0.15, 0.2) is 71.6 Å². The number of amides is 3. The number of anilines is 1. The molecular formula is C26H20Cl2N2O5S. The van der Waals surface area contributed by atoms with Gasteiger partial charge in [-0.25, -0.2) is 0 Å². The molecule has 3 aromatic rings. The Kier molecular flexibility index (Phi) is 8.20. The Morgan fingerprint density at radius 2 is 1.81 bits per heavy atom. The molecule has 3 aromatic carbocycles. The van der Waals surface area contributed by atoms with Crippen LogP contribution in [0.4, 0.5) is 10.5 Å². The van der Waals surface area contributed by atoms with Crippen LogP contribution in [0.1, 0.15) is 11.1 Å². The predicted octanol–water partition coefficient (Wildman–Crippen LogP) is 6.26. The van der Waals surface area contributed by atoms with E-state index in [1.54, 1.807) is 79.9 Å². The van der Waals surface area contributed by atoms with E-state index in [4.69, 9.17) is 32.7 Å². The lowest BCUT2D eigenvalue weighted by Crippen LogP contribution is -2.36. The van der Waals surface area contributed by atoms with Gasteiger partial charge in [0.25, 0.3) is 11.1 Å². The third-order valence-electron chi connectivity index (χ3n) is 5.11. The highest BCUT2D eigenvalue weighted by molar-refractivity contribution is 8.18. The molecule has 36 heavy (non-hydrogen) atoms. The summed E-state index contributed by atoms with van der Waals surface area (Å²) in [5, 5.41) is 3.19. The van der Waals surface area contributed by atoms with Gasteiger partial charge in [0.1, 0.15) is 24.7 Å². The van der Waals surface area contributed by atoms with E-state index >= 15 is 0 Å².